The Balaban J connectivity index is 1.42. The van der Waals surface area contributed by atoms with Crippen molar-refractivity contribution in [3.05, 3.63) is 71.3 Å². The van der Waals surface area contributed by atoms with Crippen LogP contribution in [0.25, 0.3) is 15.9 Å². The van der Waals surface area contributed by atoms with Crippen LogP contribution < -0.4 is 5.32 Å². The number of aryl methyl sites for hydroxylation is 1. The molecule has 0 aliphatic heterocycles. The van der Waals surface area contributed by atoms with Gasteiger partial charge >= 0.3 is 0 Å². The van der Waals surface area contributed by atoms with Gasteiger partial charge in [0.1, 0.15) is 5.82 Å². The van der Waals surface area contributed by atoms with Gasteiger partial charge in [-0.3, -0.25) is 4.79 Å². The lowest BCUT2D eigenvalue weighted by atomic mass is 9.82. The predicted octanol–water partition coefficient (Wildman–Crippen LogP) is 4.41. The molecule has 1 aliphatic carbocycles. The molecule has 156 valence electrons. The quantitative estimate of drug-likeness (QED) is 0.481. The second-order valence-electron chi connectivity index (χ2n) is 7.47. The molecule has 0 fully saturated rings. The van der Waals surface area contributed by atoms with Gasteiger partial charge in [-0.1, -0.05) is 24.3 Å². The summed E-state index contributed by atoms with van der Waals surface area (Å²) in [6.07, 6.45) is 5.40. The number of allylic oxidation sites excluding steroid dienone is 2. The van der Waals surface area contributed by atoms with E-state index in [0.717, 1.165) is 21.6 Å². The van der Waals surface area contributed by atoms with Crippen molar-refractivity contribution >= 4 is 33.1 Å². The molecule has 9 heteroatoms. The number of nitrogens with one attached hydrogen (secondary N) is 1. The van der Waals surface area contributed by atoms with Gasteiger partial charge in [0.15, 0.2) is 5.82 Å². The van der Waals surface area contributed by atoms with Crippen molar-refractivity contribution in [1.29, 1.82) is 0 Å². The Morgan fingerprint density at radius 3 is 2.84 bits per heavy atom. The molecule has 1 N–H and O–H groups in total. The third-order valence-electron chi connectivity index (χ3n) is 5.47. The summed E-state index contributed by atoms with van der Waals surface area (Å²) in [6.45, 7) is 1.75. The van der Waals surface area contributed by atoms with Crippen molar-refractivity contribution in [3.8, 4) is 5.69 Å². The number of fused-ring (bicyclic) bond motifs is 1. The molecule has 5 rings (SSSR count). The van der Waals surface area contributed by atoms with E-state index in [1.54, 1.807) is 30.4 Å². The minimum absolute atomic E-state index is 0.0459. The smallest absolute Gasteiger partial charge is 0.228 e. The van der Waals surface area contributed by atoms with Crippen LogP contribution in [-0.2, 0) is 4.79 Å². The largest absolute Gasteiger partial charge is 0.323 e. The summed E-state index contributed by atoms with van der Waals surface area (Å²) in [5.74, 6) is -0.542. The van der Waals surface area contributed by atoms with E-state index in [-0.39, 0.29) is 23.4 Å². The Bertz CT molecular complexity index is 1260. The average molecular weight is 435 g/mol. The first-order valence-electron chi connectivity index (χ1n) is 9.96. The second kappa shape index (κ2) is 7.99. The van der Waals surface area contributed by atoms with Crippen LogP contribution in [0.5, 0.6) is 0 Å². The topological polar surface area (TPSA) is 85.6 Å². The summed E-state index contributed by atoms with van der Waals surface area (Å²) in [5, 5.41) is 15.1. The van der Waals surface area contributed by atoms with Gasteiger partial charge in [-0.05, 0) is 60.5 Å². The average Bonchev–Trinajstić information content (AvgIpc) is 3.41. The number of carbonyl (C=O) groups is 1. The summed E-state index contributed by atoms with van der Waals surface area (Å²) in [6, 6.07) is 12.4. The van der Waals surface area contributed by atoms with Crippen LogP contribution in [0.1, 0.15) is 29.6 Å². The fourth-order valence-corrected chi connectivity index (χ4v) is 5.01. The maximum absolute atomic E-state index is 14.5. The summed E-state index contributed by atoms with van der Waals surface area (Å²) in [4.78, 5) is 18.0. The highest BCUT2D eigenvalue weighted by Gasteiger charge is 2.32. The minimum Gasteiger partial charge on any atom is -0.323 e. The van der Waals surface area contributed by atoms with Crippen molar-refractivity contribution < 1.29 is 9.18 Å². The number of hydrogen-bond donors (Lipinski definition) is 1. The number of rotatable bonds is 4. The van der Waals surface area contributed by atoms with Gasteiger partial charge in [0.2, 0.25) is 5.91 Å². The lowest BCUT2D eigenvalue weighted by Crippen LogP contribution is -2.29. The van der Waals surface area contributed by atoms with Crippen LogP contribution in [0.4, 0.5) is 10.1 Å². The number of para-hydroxylation sites is 1. The van der Waals surface area contributed by atoms with Crippen molar-refractivity contribution in [3.63, 3.8) is 0 Å². The number of aromatic nitrogens is 5. The molecule has 2 unspecified atom stereocenters. The zero-order chi connectivity index (χ0) is 21.4. The molecule has 31 heavy (non-hydrogen) atoms. The molecule has 4 aromatic rings. The van der Waals surface area contributed by atoms with Crippen LogP contribution in [0.3, 0.4) is 0 Å². The van der Waals surface area contributed by atoms with Crippen molar-refractivity contribution in [2.75, 3.05) is 5.32 Å². The number of benzene rings is 2. The molecule has 2 aromatic carbocycles. The van der Waals surface area contributed by atoms with E-state index >= 15 is 0 Å². The third-order valence-corrected chi connectivity index (χ3v) is 6.64. The highest BCUT2D eigenvalue weighted by molar-refractivity contribution is 7.18. The fourth-order valence-electron chi connectivity index (χ4n) is 3.86. The van der Waals surface area contributed by atoms with Crippen LogP contribution in [0.2, 0.25) is 0 Å². The molecule has 0 bridgehead atoms. The molecule has 0 radical (unpaired) electrons. The van der Waals surface area contributed by atoms with Gasteiger partial charge < -0.3 is 5.32 Å². The molecule has 2 aromatic heterocycles. The third kappa shape index (κ3) is 3.72. The molecule has 1 amide bonds. The summed E-state index contributed by atoms with van der Waals surface area (Å²) >= 11 is 1.61. The highest BCUT2D eigenvalue weighted by Crippen LogP contribution is 2.39. The zero-order valence-electron chi connectivity index (χ0n) is 16.7. The highest BCUT2D eigenvalue weighted by atomic mass is 32.1. The van der Waals surface area contributed by atoms with Gasteiger partial charge in [0, 0.05) is 5.92 Å². The van der Waals surface area contributed by atoms with E-state index in [4.69, 9.17) is 4.98 Å². The summed E-state index contributed by atoms with van der Waals surface area (Å²) < 4.78 is 17.1. The molecule has 2 atom stereocenters. The van der Waals surface area contributed by atoms with Gasteiger partial charge in [-0.25, -0.2) is 9.37 Å². The normalized spacial score (nSPS) is 18.4. The van der Waals surface area contributed by atoms with Gasteiger partial charge in [0.05, 0.1) is 32.5 Å². The number of thiazole rings is 1. The number of nitrogens with zero attached hydrogens (tertiary/aromatic N) is 5. The number of hydrogen-bond acceptors (Lipinski definition) is 6. The molecule has 0 saturated carbocycles. The monoisotopic (exact) mass is 434 g/mol. The van der Waals surface area contributed by atoms with Gasteiger partial charge in [-0.15, -0.1) is 16.4 Å². The molecule has 7 nitrogen and oxygen atoms in total. The van der Waals surface area contributed by atoms with E-state index in [2.05, 4.69) is 26.9 Å². The number of carbonyl (C=O) groups excluding carboxylic acids is 1. The van der Waals surface area contributed by atoms with Crippen molar-refractivity contribution in [2.24, 2.45) is 5.92 Å². The number of tetrazole rings is 1. The zero-order valence-corrected chi connectivity index (χ0v) is 17.5. The van der Waals surface area contributed by atoms with Crippen LogP contribution in [-0.4, -0.2) is 31.1 Å². The van der Waals surface area contributed by atoms with Gasteiger partial charge in [0.25, 0.3) is 0 Å². The number of halogens is 1. The maximum Gasteiger partial charge on any atom is 0.228 e. The number of anilines is 1. The standard InChI is InChI=1S/C22H19FN6OS/c1-13-26-27-28-29(13)14-10-11-17(23)19(12-14)24-21(30)15-6-2-3-7-16(15)22-25-18-8-4-5-9-20(18)31-22/h2-5,8-12,15-16H,6-7H2,1H3,(H,24,30). The molecule has 0 spiro atoms. The van der Waals surface area contributed by atoms with E-state index < -0.39 is 5.82 Å². The first-order valence-corrected chi connectivity index (χ1v) is 10.8. The van der Waals surface area contributed by atoms with Crippen molar-refractivity contribution in [1.82, 2.24) is 25.2 Å². The fraction of sp³-hybridized carbons (Fsp3) is 0.227. The SMILES string of the molecule is Cc1nnnn1-c1ccc(F)c(NC(=O)C2CC=CCC2c2nc3ccccc3s2)c1. The predicted molar refractivity (Wildman–Crippen MR) is 117 cm³/mol. The van der Waals surface area contributed by atoms with E-state index in [0.29, 0.717) is 17.9 Å². The Morgan fingerprint density at radius 1 is 1.19 bits per heavy atom. The Morgan fingerprint density at radius 2 is 2.03 bits per heavy atom. The molecule has 1 aliphatic rings. The summed E-state index contributed by atoms with van der Waals surface area (Å²) in [7, 11) is 0. The van der Waals surface area contributed by atoms with Crippen molar-refractivity contribution in [2.45, 2.75) is 25.7 Å². The molecule has 0 saturated heterocycles. The van der Waals surface area contributed by atoms with Crippen LogP contribution >= 0.6 is 11.3 Å². The number of amides is 1. The van der Waals surface area contributed by atoms with E-state index in [9.17, 15) is 9.18 Å². The maximum atomic E-state index is 14.5. The lowest BCUT2D eigenvalue weighted by molar-refractivity contribution is -0.120. The van der Waals surface area contributed by atoms with E-state index in [1.165, 1.54) is 10.7 Å². The first-order chi connectivity index (χ1) is 15.1. The second-order valence-corrected chi connectivity index (χ2v) is 8.53. The van der Waals surface area contributed by atoms with E-state index in [1.807, 2.05) is 30.3 Å². The Kier molecular flexibility index (Phi) is 5.03. The molecular formula is C22H19FN6OS. The minimum atomic E-state index is -0.509. The Labute approximate surface area is 181 Å². The molecule has 2 heterocycles. The molecular weight excluding hydrogens is 415 g/mol. The van der Waals surface area contributed by atoms with Gasteiger partial charge in [-0.2, -0.15) is 4.68 Å². The van der Waals surface area contributed by atoms with Crippen LogP contribution in [0.15, 0.2) is 54.6 Å². The first kappa shape index (κ1) is 19.5. The lowest BCUT2D eigenvalue weighted by Gasteiger charge is -2.26. The summed E-state index contributed by atoms with van der Waals surface area (Å²) in [5.41, 5.74) is 1.62. The van der Waals surface area contributed by atoms with Crippen LogP contribution in [0, 0.1) is 18.7 Å². The Hall–Kier alpha value is -3.46.